The van der Waals surface area contributed by atoms with Gasteiger partial charge in [0.25, 0.3) is 5.91 Å². The van der Waals surface area contributed by atoms with Crippen molar-refractivity contribution >= 4 is 28.5 Å². The van der Waals surface area contributed by atoms with E-state index in [9.17, 15) is 4.79 Å². The number of amides is 1. The second-order valence-electron chi connectivity index (χ2n) is 5.33. The monoisotopic (exact) mass is 316 g/mol. The van der Waals surface area contributed by atoms with Gasteiger partial charge in [0.2, 0.25) is 0 Å². The lowest BCUT2D eigenvalue weighted by Crippen LogP contribution is -2.30. The van der Waals surface area contributed by atoms with Crippen LogP contribution in [0.3, 0.4) is 0 Å². The first-order valence-corrected chi connectivity index (χ1v) is 7.43. The second kappa shape index (κ2) is 5.85. The van der Waals surface area contributed by atoms with E-state index in [2.05, 4.69) is 9.97 Å². The molecule has 3 aromatic rings. The van der Waals surface area contributed by atoms with E-state index in [1.165, 1.54) is 0 Å². The van der Waals surface area contributed by atoms with Crippen LogP contribution in [0.4, 0.5) is 0 Å². The predicted molar refractivity (Wildman–Crippen MR) is 87.2 cm³/mol. The molecule has 0 saturated heterocycles. The van der Waals surface area contributed by atoms with Crippen molar-refractivity contribution in [2.45, 2.75) is 6.42 Å². The summed E-state index contributed by atoms with van der Waals surface area (Å²) in [6.45, 7) is 0.595. The molecule has 0 bridgehead atoms. The molecule has 1 aromatic carbocycles. The number of hydrogen-bond acceptors (Lipinski definition) is 2. The van der Waals surface area contributed by atoms with Crippen molar-refractivity contribution in [2.75, 3.05) is 13.6 Å². The highest BCUT2D eigenvalue weighted by molar-refractivity contribution is 6.31. The quantitative estimate of drug-likeness (QED) is 0.804. The molecule has 0 spiro atoms. The summed E-state index contributed by atoms with van der Waals surface area (Å²) in [4.78, 5) is 21.8. The van der Waals surface area contributed by atoms with Crippen molar-refractivity contribution in [1.82, 2.24) is 19.4 Å². The fraction of sp³-hybridized carbons (Fsp3) is 0.250. The summed E-state index contributed by atoms with van der Waals surface area (Å²) < 4.78 is 1.82. The van der Waals surface area contributed by atoms with Gasteiger partial charge in [-0.25, -0.2) is 4.98 Å². The van der Waals surface area contributed by atoms with E-state index >= 15 is 0 Å². The molecule has 0 radical (unpaired) electrons. The van der Waals surface area contributed by atoms with Crippen LogP contribution in [0.2, 0.25) is 5.02 Å². The van der Waals surface area contributed by atoms with E-state index in [-0.39, 0.29) is 5.91 Å². The zero-order valence-electron chi connectivity index (χ0n) is 12.5. The first-order valence-electron chi connectivity index (χ1n) is 7.05. The topological polar surface area (TPSA) is 53.9 Å². The van der Waals surface area contributed by atoms with Gasteiger partial charge in [0.1, 0.15) is 11.5 Å². The van der Waals surface area contributed by atoms with Gasteiger partial charge >= 0.3 is 0 Å². The first-order chi connectivity index (χ1) is 10.5. The molecule has 0 fully saturated rings. The number of carbonyl (C=O) groups excluding carboxylic acids is 1. The molecule has 6 heteroatoms. The van der Waals surface area contributed by atoms with Gasteiger partial charge in [-0.2, -0.15) is 0 Å². The Labute approximate surface area is 133 Å². The van der Waals surface area contributed by atoms with Gasteiger partial charge in [0, 0.05) is 38.3 Å². The number of halogens is 1. The fourth-order valence-corrected chi connectivity index (χ4v) is 2.58. The van der Waals surface area contributed by atoms with Crippen LogP contribution < -0.4 is 0 Å². The third kappa shape index (κ3) is 2.85. The second-order valence-corrected chi connectivity index (χ2v) is 5.76. The standard InChI is InChI=1S/C16H17ClN4O/c1-20-8-3-4-14(20)16(22)21(2)9-7-15-18-12-6-5-11(17)10-13(12)19-15/h3-6,8,10H,7,9H2,1-2H3,(H,18,19). The molecule has 2 heterocycles. The lowest BCUT2D eigenvalue weighted by molar-refractivity contribution is 0.0787. The van der Waals surface area contributed by atoms with Crippen LogP contribution in [-0.2, 0) is 13.5 Å². The van der Waals surface area contributed by atoms with Gasteiger partial charge in [-0.1, -0.05) is 11.6 Å². The molecule has 2 aromatic heterocycles. The van der Waals surface area contributed by atoms with Crippen molar-refractivity contribution in [1.29, 1.82) is 0 Å². The maximum atomic E-state index is 12.3. The number of rotatable bonds is 4. The largest absolute Gasteiger partial charge is 0.347 e. The van der Waals surface area contributed by atoms with Crippen LogP contribution in [0.25, 0.3) is 11.0 Å². The Morgan fingerprint density at radius 3 is 2.95 bits per heavy atom. The van der Waals surface area contributed by atoms with Crippen LogP contribution in [0.5, 0.6) is 0 Å². The molecule has 1 N–H and O–H groups in total. The molecular formula is C16H17ClN4O. The normalized spacial score (nSPS) is 11.0. The minimum Gasteiger partial charge on any atom is -0.347 e. The van der Waals surface area contributed by atoms with Crippen LogP contribution in [0.1, 0.15) is 16.3 Å². The molecule has 0 atom stereocenters. The van der Waals surface area contributed by atoms with Crippen molar-refractivity contribution < 1.29 is 4.79 Å². The molecule has 114 valence electrons. The van der Waals surface area contributed by atoms with Crippen molar-refractivity contribution in [3.05, 3.63) is 53.1 Å². The summed E-state index contributed by atoms with van der Waals surface area (Å²) in [5.41, 5.74) is 2.48. The van der Waals surface area contributed by atoms with Gasteiger partial charge in [-0.15, -0.1) is 0 Å². The number of H-pyrrole nitrogens is 1. The fourth-order valence-electron chi connectivity index (χ4n) is 2.41. The van der Waals surface area contributed by atoms with E-state index in [1.54, 1.807) is 11.9 Å². The Balaban J connectivity index is 1.68. The average Bonchev–Trinajstić information content (AvgIpc) is 3.09. The number of likely N-dealkylation sites (N-methyl/N-ethyl adjacent to an activating group) is 1. The molecule has 0 saturated carbocycles. The van der Waals surface area contributed by atoms with Crippen molar-refractivity contribution in [3.63, 3.8) is 0 Å². The molecule has 22 heavy (non-hydrogen) atoms. The number of aromatic nitrogens is 3. The third-order valence-electron chi connectivity index (χ3n) is 3.69. The van der Waals surface area contributed by atoms with Crippen molar-refractivity contribution in [3.8, 4) is 0 Å². The Kier molecular flexibility index (Phi) is 3.90. The minimum absolute atomic E-state index is 0.00616. The molecule has 3 rings (SSSR count). The van der Waals surface area contributed by atoms with E-state index in [1.807, 2.05) is 48.1 Å². The average molecular weight is 317 g/mol. The molecule has 0 unspecified atom stereocenters. The summed E-state index contributed by atoms with van der Waals surface area (Å²) >= 11 is 5.97. The van der Waals surface area contributed by atoms with E-state index in [0.717, 1.165) is 16.9 Å². The van der Waals surface area contributed by atoms with Gasteiger partial charge in [-0.3, -0.25) is 4.79 Å². The smallest absolute Gasteiger partial charge is 0.270 e. The summed E-state index contributed by atoms with van der Waals surface area (Å²) in [6.07, 6.45) is 2.53. The summed E-state index contributed by atoms with van der Waals surface area (Å²) in [5, 5.41) is 0.679. The summed E-state index contributed by atoms with van der Waals surface area (Å²) in [7, 11) is 3.67. The van der Waals surface area contributed by atoms with E-state index < -0.39 is 0 Å². The summed E-state index contributed by atoms with van der Waals surface area (Å²) in [5.74, 6) is 0.857. The Bertz CT molecular complexity index is 821. The molecule has 0 aliphatic heterocycles. The van der Waals surface area contributed by atoms with E-state index in [0.29, 0.717) is 23.7 Å². The molecule has 0 aliphatic rings. The number of nitrogens with zero attached hydrogens (tertiary/aromatic N) is 3. The van der Waals surface area contributed by atoms with Gasteiger partial charge < -0.3 is 14.5 Å². The lowest BCUT2D eigenvalue weighted by atomic mass is 10.3. The van der Waals surface area contributed by atoms with Gasteiger partial charge in [0.15, 0.2) is 0 Å². The van der Waals surface area contributed by atoms with Crippen LogP contribution >= 0.6 is 11.6 Å². The lowest BCUT2D eigenvalue weighted by Gasteiger charge is -2.16. The molecule has 1 amide bonds. The number of aromatic amines is 1. The zero-order valence-corrected chi connectivity index (χ0v) is 13.3. The van der Waals surface area contributed by atoms with E-state index in [4.69, 9.17) is 11.6 Å². The molecular weight excluding hydrogens is 300 g/mol. The number of hydrogen-bond donors (Lipinski definition) is 1. The predicted octanol–water partition coefficient (Wildman–Crippen LogP) is 2.87. The number of imidazole rings is 1. The third-order valence-corrected chi connectivity index (χ3v) is 3.92. The first kappa shape index (κ1) is 14.7. The van der Waals surface area contributed by atoms with Crippen molar-refractivity contribution in [2.24, 2.45) is 7.05 Å². The highest BCUT2D eigenvalue weighted by Gasteiger charge is 2.14. The Morgan fingerprint density at radius 2 is 2.23 bits per heavy atom. The van der Waals surface area contributed by atoms with Gasteiger partial charge in [0.05, 0.1) is 11.0 Å². The number of aryl methyl sites for hydroxylation is 1. The molecule has 5 nitrogen and oxygen atoms in total. The number of benzene rings is 1. The maximum absolute atomic E-state index is 12.3. The summed E-state index contributed by atoms with van der Waals surface area (Å²) in [6, 6.07) is 9.24. The molecule has 0 aliphatic carbocycles. The minimum atomic E-state index is 0.00616. The van der Waals surface area contributed by atoms with Crippen LogP contribution in [-0.4, -0.2) is 38.9 Å². The van der Waals surface area contributed by atoms with Crippen LogP contribution in [0, 0.1) is 0 Å². The highest BCUT2D eigenvalue weighted by atomic mass is 35.5. The number of nitrogens with one attached hydrogen (secondary N) is 1. The maximum Gasteiger partial charge on any atom is 0.270 e. The Hall–Kier alpha value is -2.27. The zero-order chi connectivity index (χ0) is 15.7. The van der Waals surface area contributed by atoms with Crippen LogP contribution in [0.15, 0.2) is 36.5 Å². The van der Waals surface area contributed by atoms with Gasteiger partial charge in [-0.05, 0) is 30.3 Å². The highest BCUT2D eigenvalue weighted by Crippen LogP contribution is 2.17. The number of fused-ring (bicyclic) bond motifs is 1. The number of carbonyl (C=O) groups is 1. The Morgan fingerprint density at radius 1 is 1.41 bits per heavy atom. The SMILES string of the molecule is CN(CCc1nc2ccc(Cl)cc2[nH]1)C(=O)c1cccn1C.